The quantitative estimate of drug-likeness (QED) is 0.284. The number of carbonyl (C=O) groups excluding carboxylic acids is 1. The molecule has 0 spiro atoms. The van der Waals surface area contributed by atoms with Crippen LogP contribution >= 0.6 is 11.8 Å². The van der Waals surface area contributed by atoms with Crippen LogP contribution in [0, 0.1) is 6.92 Å². The second kappa shape index (κ2) is 9.03. The molecule has 33 heavy (non-hydrogen) atoms. The fourth-order valence-electron chi connectivity index (χ4n) is 3.67. The van der Waals surface area contributed by atoms with E-state index in [4.69, 9.17) is 4.84 Å². The number of alkyl halides is 6. The van der Waals surface area contributed by atoms with Crippen LogP contribution in [0.3, 0.4) is 0 Å². The fraction of sp³-hybridized carbons (Fsp3) is 0.476. The summed E-state index contributed by atoms with van der Waals surface area (Å²) in [7, 11) is 0.987. The summed E-state index contributed by atoms with van der Waals surface area (Å²) in [5.41, 5.74) is -4.16. The molecule has 0 fully saturated rings. The Bertz CT molecular complexity index is 1080. The summed E-state index contributed by atoms with van der Waals surface area (Å²) in [4.78, 5) is 17.2. The number of aryl methyl sites for hydroxylation is 2. The van der Waals surface area contributed by atoms with Crippen LogP contribution in [0.4, 0.5) is 26.3 Å². The summed E-state index contributed by atoms with van der Waals surface area (Å²) in [6, 6.07) is 4.84. The van der Waals surface area contributed by atoms with E-state index in [1.54, 1.807) is 18.7 Å². The molecule has 0 radical (unpaired) electrons. The third-order valence-electron chi connectivity index (χ3n) is 5.38. The van der Waals surface area contributed by atoms with Gasteiger partial charge in [0.15, 0.2) is 11.5 Å². The minimum Gasteiger partial charge on any atom is -0.372 e. The lowest BCUT2D eigenvalue weighted by Crippen LogP contribution is -2.44. The average Bonchev–Trinajstić information content (AvgIpc) is 3.32. The first-order chi connectivity index (χ1) is 15.3. The number of nitrogens with zero attached hydrogens (tertiary/aromatic N) is 3. The highest BCUT2D eigenvalue weighted by atomic mass is 32.2. The molecule has 5 nitrogen and oxygen atoms in total. The van der Waals surface area contributed by atoms with Crippen LogP contribution < -0.4 is 0 Å². The minimum atomic E-state index is -5.07. The van der Waals surface area contributed by atoms with Crippen LogP contribution in [0.25, 0.3) is 0 Å². The predicted octanol–water partition coefficient (Wildman–Crippen LogP) is 5.66. The van der Waals surface area contributed by atoms with Gasteiger partial charge in [-0.3, -0.25) is 9.48 Å². The molecule has 1 aliphatic heterocycles. The van der Waals surface area contributed by atoms with Gasteiger partial charge in [-0.05, 0) is 48.6 Å². The lowest BCUT2D eigenvalue weighted by Gasteiger charge is -2.28. The molecule has 180 valence electrons. The maximum absolute atomic E-state index is 14.1. The van der Waals surface area contributed by atoms with E-state index < -0.39 is 35.8 Å². The zero-order valence-electron chi connectivity index (χ0n) is 18.0. The van der Waals surface area contributed by atoms with Crippen LogP contribution in [-0.4, -0.2) is 39.5 Å². The van der Waals surface area contributed by atoms with Gasteiger partial charge in [0.1, 0.15) is 0 Å². The summed E-state index contributed by atoms with van der Waals surface area (Å²) in [5.74, 6) is 0.762. The number of rotatable bonds is 7. The number of carbonyl (C=O) groups is 1. The number of benzene rings is 1. The molecule has 0 bridgehead atoms. The smallest absolute Gasteiger partial charge is 0.372 e. The Balaban J connectivity index is 1.91. The van der Waals surface area contributed by atoms with Crippen molar-refractivity contribution in [3.05, 3.63) is 52.3 Å². The van der Waals surface area contributed by atoms with Gasteiger partial charge in [0.25, 0.3) is 5.60 Å². The zero-order valence-corrected chi connectivity index (χ0v) is 18.8. The van der Waals surface area contributed by atoms with Crippen molar-refractivity contribution < 1.29 is 36.0 Å². The molecule has 2 aromatic rings. The average molecular weight is 493 g/mol. The van der Waals surface area contributed by atoms with E-state index in [0.29, 0.717) is 34.7 Å². The monoisotopic (exact) mass is 493 g/mol. The molecule has 1 aromatic carbocycles. The van der Waals surface area contributed by atoms with E-state index in [1.807, 2.05) is 6.26 Å². The zero-order chi connectivity index (χ0) is 24.6. The van der Waals surface area contributed by atoms with Crippen LogP contribution in [0.15, 0.2) is 29.4 Å². The molecule has 1 aromatic heterocycles. The number of Topliss-reactive ketones (excluding diaryl/α,β-unsaturated/α-hetero) is 1. The summed E-state index contributed by atoms with van der Waals surface area (Å²) in [6.07, 6.45) is -7.83. The standard InChI is InChI=1S/C21H21F6N3O2S/c1-12-9-13(6-7-14(12)16(31)5-4-8-33-3)15-11-19(32-29-15,21(25,26)27)18-10-17(20(22,23)24)28-30(18)2/h6-7,9-10H,4-5,8,11H2,1-3H3. The Kier molecular flexibility index (Phi) is 6.88. The molecular formula is C21H21F6N3O2S. The number of thioether (sulfide) groups is 1. The second-order valence-corrected chi connectivity index (χ2v) is 8.70. The van der Waals surface area contributed by atoms with E-state index in [1.165, 1.54) is 18.2 Å². The lowest BCUT2D eigenvalue weighted by atomic mass is 9.88. The van der Waals surface area contributed by atoms with Gasteiger partial charge in [-0.1, -0.05) is 17.3 Å². The van der Waals surface area contributed by atoms with Gasteiger partial charge in [0.05, 0.1) is 17.8 Å². The highest BCUT2D eigenvalue weighted by Crippen LogP contribution is 2.49. The molecule has 1 atom stereocenters. The normalized spacial score (nSPS) is 18.9. The molecular weight excluding hydrogens is 472 g/mol. The van der Waals surface area contributed by atoms with E-state index in [2.05, 4.69) is 10.3 Å². The third kappa shape index (κ3) is 4.90. The third-order valence-corrected chi connectivity index (χ3v) is 6.08. The SMILES string of the molecule is CSCCCC(=O)c1ccc(C2=NOC(c3cc(C(F)(F)F)nn3C)(C(F)(F)F)C2)cc1C. The Morgan fingerprint density at radius 1 is 1.21 bits per heavy atom. The van der Waals surface area contributed by atoms with Gasteiger partial charge in [-0.2, -0.15) is 43.2 Å². The number of halogens is 6. The number of aromatic nitrogens is 2. The molecule has 0 N–H and O–H groups in total. The van der Waals surface area contributed by atoms with Crippen molar-refractivity contribution in [2.24, 2.45) is 12.2 Å². The second-order valence-electron chi connectivity index (χ2n) is 7.72. The van der Waals surface area contributed by atoms with E-state index >= 15 is 0 Å². The van der Waals surface area contributed by atoms with Crippen molar-refractivity contribution in [3.8, 4) is 0 Å². The lowest BCUT2D eigenvalue weighted by molar-refractivity contribution is -0.278. The van der Waals surface area contributed by atoms with E-state index in [0.717, 1.165) is 12.8 Å². The van der Waals surface area contributed by atoms with Gasteiger partial charge in [0.2, 0.25) is 0 Å². The van der Waals surface area contributed by atoms with Crippen molar-refractivity contribution in [3.63, 3.8) is 0 Å². The molecule has 1 aliphatic rings. The first-order valence-corrected chi connectivity index (χ1v) is 11.3. The van der Waals surface area contributed by atoms with Crippen LogP contribution in [-0.2, 0) is 23.7 Å². The first kappa shape index (κ1) is 25.1. The van der Waals surface area contributed by atoms with Gasteiger partial charge >= 0.3 is 12.4 Å². The molecule has 2 heterocycles. The van der Waals surface area contributed by atoms with Crippen LogP contribution in [0.2, 0.25) is 0 Å². The Labute approximate surface area is 190 Å². The molecule has 0 saturated carbocycles. The predicted molar refractivity (Wildman–Crippen MR) is 111 cm³/mol. The van der Waals surface area contributed by atoms with E-state index in [9.17, 15) is 31.1 Å². The summed E-state index contributed by atoms with van der Waals surface area (Å²) in [6.45, 7) is 1.66. The molecule has 0 aliphatic carbocycles. The van der Waals surface area contributed by atoms with E-state index in [-0.39, 0.29) is 17.1 Å². The molecule has 1 unspecified atom stereocenters. The topological polar surface area (TPSA) is 56.5 Å². The maximum atomic E-state index is 14.1. The fourth-order valence-corrected chi connectivity index (χ4v) is 4.11. The molecule has 3 rings (SSSR count). The van der Waals surface area contributed by atoms with Crippen molar-refractivity contribution in [1.29, 1.82) is 0 Å². The Morgan fingerprint density at radius 3 is 2.45 bits per heavy atom. The Morgan fingerprint density at radius 2 is 1.91 bits per heavy atom. The number of oxime groups is 1. The first-order valence-electron chi connectivity index (χ1n) is 9.87. The van der Waals surface area contributed by atoms with Crippen molar-refractivity contribution in [2.45, 2.75) is 44.1 Å². The largest absolute Gasteiger partial charge is 0.437 e. The molecule has 0 saturated heterocycles. The maximum Gasteiger partial charge on any atom is 0.437 e. The summed E-state index contributed by atoms with van der Waals surface area (Å²) in [5, 5.41) is 6.76. The van der Waals surface area contributed by atoms with Gasteiger partial charge in [0, 0.05) is 19.0 Å². The van der Waals surface area contributed by atoms with Crippen LogP contribution in [0.5, 0.6) is 0 Å². The Hall–Kier alpha value is -2.50. The minimum absolute atomic E-state index is 0.0723. The molecule has 12 heteroatoms. The molecule has 0 amide bonds. The number of hydrogen-bond acceptors (Lipinski definition) is 5. The van der Waals surface area contributed by atoms with Crippen molar-refractivity contribution in [1.82, 2.24) is 9.78 Å². The van der Waals surface area contributed by atoms with Gasteiger partial charge < -0.3 is 4.84 Å². The van der Waals surface area contributed by atoms with Gasteiger partial charge in [-0.15, -0.1) is 0 Å². The number of hydrogen-bond donors (Lipinski definition) is 0. The van der Waals surface area contributed by atoms with Crippen molar-refractivity contribution in [2.75, 3.05) is 12.0 Å². The summed E-state index contributed by atoms with van der Waals surface area (Å²) >= 11 is 1.62. The highest BCUT2D eigenvalue weighted by molar-refractivity contribution is 7.98. The highest BCUT2D eigenvalue weighted by Gasteiger charge is 2.64. The van der Waals surface area contributed by atoms with Crippen LogP contribution in [0.1, 0.15) is 52.1 Å². The van der Waals surface area contributed by atoms with Gasteiger partial charge in [-0.25, -0.2) is 0 Å². The van der Waals surface area contributed by atoms with Crippen molar-refractivity contribution >= 4 is 23.3 Å². The number of ketones is 1. The summed E-state index contributed by atoms with van der Waals surface area (Å²) < 4.78 is 81.9.